The number of nitrogens with zero attached hydrogens (tertiary/aromatic N) is 1. The number of aryl methyl sites for hydroxylation is 1. The Morgan fingerprint density at radius 2 is 1.88 bits per heavy atom. The number of terminal acetylenes is 1. The molecule has 2 rings (SSSR count). The zero-order chi connectivity index (χ0) is 19.5. The minimum absolute atomic E-state index is 0.114. The van der Waals surface area contributed by atoms with Crippen molar-refractivity contribution in [2.75, 3.05) is 13.1 Å². The highest BCUT2D eigenvalue weighted by Gasteiger charge is 2.32. The lowest BCUT2D eigenvalue weighted by molar-refractivity contribution is -0.154. The molecule has 0 spiro atoms. The summed E-state index contributed by atoms with van der Waals surface area (Å²) in [6, 6.07) is 6.73. The number of esters is 1. The van der Waals surface area contributed by atoms with Crippen molar-refractivity contribution in [2.45, 2.75) is 45.1 Å². The van der Waals surface area contributed by atoms with Gasteiger partial charge in [-0.1, -0.05) is 29.7 Å². The molecule has 6 heteroatoms. The van der Waals surface area contributed by atoms with Crippen molar-refractivity contribution >= 4 is 16.0 Å². The van der Waals surface area contributed by atoms with Crippen LogP contribution in [0.4, 0.5) is 0 Å². The largest absolute Gasteiger partial charge is 0.444 e. The smallest absolute Gasteiger partial charge is 0.312 e. The second-order valence-electron chi connectivity index (χ2n) is 7.42. The zero-order valence-corrected chi connectivity index (χ0v) is 16.5. The lowest BCUT2D eigenvalue weighted by Gasteiger charge is -2.29. The Hall–Kier alpha value is -2.10. The Kier molecular flexibility index (Phi) is 5.94. The van der Waals surface area contributed by atoms with Crippen LogP contribution in [0.2, 0.25) is 0 Å². The van der Waals surface area contributed by atoms with Crippen molar-refractivity contribution in [2.24, 2.45) is 5.41 Å². The Morgan fingerprint density at radius 1 is 1.27 bits per heavy atom. The van der Waals surface area contributed by atoms with Crippen LogP contribution in [0.5, 0.6) is 0 Å². The summed E-state index contributed by atoms with van der Waals surface area (Å²) in [5, 5.41) is 0. The number of ether oxygens (including phenoxy) is 1. The van der Waals surface area contributed by atoms with E-state index in [0.29, 0.717) is 18.5 Å². The molecule has 0 saturated heterocycles. The third-order valence-corrected chi connectivity index (χ3v) is 5.99. The highest BCUT2D eigenvalue weighted by atomic mass is 32.2. The van der Waals surface area contributed by atoms with Gasteiger partial charge in [0.15, 0.2) is 6.10 Å². The number of carbonyl (C=O) groups excluding carboxylic acids is 1. The van der Waals surface area contributed by atoms with Gasteiger partial charge in [0.25, 0.3) is 0 Å². The van der Waals surface area contributed by atoms with E-state index in [1.165, 1.54) is 4.31 Å². The van der Waals surface area contributed by atoms with E-state index in [1.54, 1.807) is 45.0 Å². The second kappa shape index (κ2) is 7.65. The van der Waals surface area contributed by atoms with Crippen LogP contribution in [-0.4, -0.2) is 37.9 Å². The Bertz CT molecular complexity index is 839. The first kappa shape index (κ1) is 20.2. The summed E-state index contributed by atoms with van der Waals surface area (Å²) < 4.78 is 32.5. The average molecular weight is 375 g/mol. The molecule has 1 heterocycles. The van der Waals surface area contributed by atoms with Gasteiger partial charge >= 0.3 is 5.97 Å². The number of rotatable bonds is 4. The molecule has 1 aliphatic heterocycles. The van der Waals surface area contributed by atoms with E-state index in [1.807, 2.05) is 13.0 Å². The second-order valence-corrected chi connectivity index (χ2v) is 9.36. The van der Waals surface area contributed by atoms with E-state index < -0.39 is 27.5 Å². The first-order valence-corrected chi connectivity index (χ1v) is 9.92. The molecule has 0 saturated carbocycles. The highest BCUT2D eigenvalue weighted by molar-refractivity contribution is 7.89. The van der Waals surface area contributed by atoms with Crippen LogP contribution >= 0.6 is 0 Å². The molecule has 0 aromatic heterocycles. The molecule has 5 nitrogen and oxygen atoms in total. The molecule has 140 valence electrons. The maximum Gasteiger partial charge on any atom is 0.312 e. The van der Waals surface area contributed by atoms with Crippen LogP contribution in [0.15, 0.2) is 40.8 Å². The summed E-state index contributed by atoms with van der Waals surface area (Å²) in [4.78, 5) is 12.4. The maximum atomic E-state index is 12.9. The fraction of sp³-hybridized carbons (Fsp3) is 0.450. The van der Waals surface area contributed by atoms with Crippen LogP contribution in [-0.2, 0) is 19.6 Å². The summed E-state index contributed by atoms with van der Waals surface area (Å²) in [6.45, 7) is 7.61. The minimum atomic E-state index is -3.63. The molecule has 0 bridgehead atoms. The first-order chi connectivity index (χ1) is 12.1. The average Bonchev–Trinajstić information content (AvgIpc) is 2.59. The van der Waals surface area contributed by atoms with Crippen LogP contribution in [0.3, 0.4) is 0 Å². The molecule has 1 atom stereocenters. The fourth-order valence-electron chi connectivity index (χ4n) is 2.50. The van der Waals surface area contributed by atoms with E-state index in [2.05, 4.69) is 5.92 Å². The van der Waals surface area contributed by atoms with Gasteiger partial charge in [0, 0.05) is 13.1 Å². The molecular weight excluding hydrogens is 350 g/mol. The van der Waals surface area contributed by atoms with E-state index in [-0.39, 0.29) is 11.4 Å². The molecule has 0 fully saturated rings. The molecule has 0 N–H and O–H groups in total. The number of hydrogen-bond donors (Lipinski definition) is 0. The van der Waals surface area contributed by atoms with Gasteiger partial charge in [-0.05, 0) is 51.8 Å². The standard InChI is InChI=1S/C20H25NO4S/c1-6-18(25-19(22)20(3,4)5)16-8-7-13-21(14-16)26(23,24)17-11-9-15(2)10-12-17/h1,8-12,18H,7,13-14H2,2-5H3. The van der Waals surface area contributed by atoms with Crippen LogP contribution in [0.25, 0.3) is 0 Å². The maximum absolute atomic E-state index is 12.9. The van der Waals surface area contributed by atoms with Crippen molar-refractivity contribution in [3.05, 3.63) is 41.5 Å². The van der Waals surface area contributed by atoms with E-state index in [0.717, 1.165) is 5.56 Å². The quantitative estimate of drug-likeness (QED) is 0.461. The third kappa shape index (κ3) is 4.54. The van der Waals surface area contributed by atoms with Crippen LogP contribution < -0.4 is 0 Å². The number of hydrogen-bond acceptors (Lipinski definition) is 4. The van der Waals surface area contributed by atoms with E-state index >= 15 is 0 Å². The normalized spacial score (nSPS) is 17.1. The molecular formula is C20H25NO4S. The molecule has 0 aliphatic carbocycles. The molecule has 0 amide bonds. The van der Waals surface area contributed by atoms with Gasteiger partial charge in [0.2, 0.25) is 10.0 Å². The Morgan fingerprint density at radius 3 is 2.42 bits per heavy atom. The first-order valence-electron chi connectivity index (χ1n) is 8.48. The van der Waals surface area contributed by atoms with Gasteiger partial charge in [0.1, 0.15) is 0 Å². The SMILES string of the molecule is C#CC(OC(=O)C(C)(C)C)C1=CCCN(S(=O)(=O)c2ccc(C)cc2)C1. The van der Waals surface area contributed by atoms with Gasteiger partial charge in [-0.2, -0.15) is 4.31 Å². The predicted molar refractivity (Wildman–Crippen MR) is 101 cm³/mol. The Balaban J connectivity index is 2.19. The lowest BCUT2D eigenvalue weighted by atomic mass is 9.97. The van der Waals surface area contributed by atoms with Crippen molar-refractivity contribution in [3.8, 4) is 12.3 Å². The third-order valence-electron chi connectivity index (χ3n) is 4.13. The number of carbonyl (C=O) groups is 1. The van der Waals surface area contributed by atoms with Crippen LogP contribution in [0, 0.1) is 24.7 Å². The summed E-state index contributed by atoms with van der Waals surface area (Å²) in [5.41, 5.74) is 0.926. The molecule has 1 aliphatic rings. The molecule has 1 aromatic carbocycles. The van der Waals surface area contributed by atoms with Gasteiger partial charge in [-0.3, -0.25) is 4.79 Å². The van der Waals surface area contributed by atoms with Crippen molar-refractivity contribution in [1.82, 2.24) is 4.31 Å². The van der Waals surface area contributed by atoms with Gasteiger partial charge in [-0.25, -0.2) is 8.42 Å². The van der Waals surface area contributed by atoms with Gasteiger partial charge in [0.05, 0.1) is 10.3 Å². The summed E-state index contributed by atoms with van der Waals surface area (Å²) >= 11 is 0. The lowest BCUT2D eigenvalue weighted by Crippen LogP contribution is -2.39. The molecule has 1 unspecified atom stereocenters. The molecule has 0 radical (unpaired) electrons. The van der Waals surface area contributed by atoms with Crippen molar-refractivity contribution in [3.63, 3.8) is 0 Å². The fourth-order valence-corrected chi connectivity index (χ4v) is 3.94. The number of benzene rings is 1. The van der Waals surface area contributed by atoms with Crippen molar-refractivity contribution in [1.29, 1.82) is 0 Å². The summed E-state index contributed by atoms with van der Waals surface area (Å²) in [5.74, 6) is 2.04. The predicted octanol–water partition coefficient (Wildman–Crippen LogP) is 2.91. The van der Waals surface area contributed by atoms with Gasteiger partial charge < -0.3 is 4.74 Å². The van der Waals surface area contributed by atoms with E-state index in [9.17, 15) is 13.2 Å². The Labute approximate surface area is 156 Å². The number of sulfonamides is 1. The molecule has 26 heavy (non-hydrogen) atoms. The summed E-state index contributed by atoms with van der Waals surface area (Å²) in [6.07, 6.45) is 7.06. The highest BCUT2D eigenvalue weighted by Crippen LogP contribution is 2.25. The topological polar surface area (TPSA) is 63.7 Å². The molecule has 1 aromatic rings. The van der Waals surface area contributed by atoms with E-state index in [4.69, 9.17) is 11.2 Å². The zero-order valence-electron chi connectivity index (χ0n) is 15.7. The van der Waals surface area contributed by atoms with Gasteiger partial charge in [-0.15, -0.1) is 6.42 Å². The van der Waals surface area contributed by atoms with Crippen molar-refractivity contribution < 1.29 is 17.9 Å². The van der Waals surface area contributed by atoms with Crippen LogP contribution in [0.1, 0.15) is 32.8 Å². The minimum Gasteiger partial charge on any atom is -0.444 e. The summed E-state index contributed by atoms with van der Waals surface area (Å²) in [7, 11) is -3.63. The monoisotopic (exact) mass is 375 g/mol.